The van der Waals surface area contributed by atoms with E-state index < -0.39 is 0 Å². The number of piperidine rings is 1. The number of amides is 1. The Morgan fingerprint density at radius 3 is 2.61 bits per heavy atom. The second kappa shape index (κ2) is 9.32. The first-order valence-electron chi connectivity index (χ1n) is 11.1. The van der Waals surface area contributed by atoms with Gasteiger partial charge in [0.25, 0.3) is 5.91 Å². The molecule has 1 amide bonds. The van der Waals surface area contributed by atoms with E-state index in [1.54, 1.807) is 29.4 Å². The lowest BCUT2D eigenvalue weighted by molar-refractivity contribution is 0.0706. The maximum absolute atomic E-state index is 13.3. The predicted octanol–water partition coefficient (Wildman–Crippen LogP) is 4.41. The van der Waals surface area contributed by atoms with Crippen LogP contribution in [0.15, 0.2) is 79.4 Å². The molecule has 4 aromatic rings. The number of hydrogen-bond acceptors (Lipinski definition) is 4. The van der Waals surface area contributed by atoms with E-state index in [4.69, 9.17) is 4.98 Å². The summed E-state index contributed by atoms with van der Waals surface area (Å²) in [6, 6.07) is 20.1. The van der Waals surface area contributed by atoms with Crippen molar-refractivity contribution < 1.29 is 9.18 Å². The summed E-state index contributed by atoms with van der Waals surface area (Å²) in [6.07, 6.45) is 5.82. The molecule has 1 fully saturated rings. The minimum absolute atomic E-state index is 0.0251. The Morgan fingerprint density at radius 2 is 1.79 bits per heavy atom. The summed E-state index contributed by atoms with van der Waals surface area (Å²) in [5.41, 5.74) is 4.48. The van der Waals surface area contributed by atoms with Gasteiger partial charge in [0.1, 0.15) is 18.5 Å². The van der Waals surface area contributed by atoms with Gasteiger partial charge < -0.3 is 4.90 Å². The highest BCUT2D eigenvalue weighted by atomic mass is 19.1. The van der Waals surface area contributed by atoms with Gasteiger partial charge in [-0.3, -0.25) is 14.3 Å². The lowest BCUT2D eigenvalue weighted by atomic mass is 9.93. The smallest absolute Gasteiger partial charge is 0.253 e. The van der Waals surface area contributed by atoms with E-state index in [0.717, 1.165) is 42.0 Å². The van der Waals surface area contributed by atoms with Gasteiger partial charge in [-0.05, 0) is 60.9 Å². The highest BCUT2D eigenvalue weighted by Crippen LogP contribution is 2.27. The maximum Gasteiger partial charge on any atom is 0.253 e. The van der Waals surface area contributed by atoms with Crippen LogP contribution in [0.5, 0.6) is 0 Å². The van der Waals surface area contributed by atoms with Crippen molar-refractivity contribution in [2.24, 2.45) is 0 Å². The van der Waals surface area contributed by atoms with E-state index in [9.17, 15) is 9.18 Å². The number of halogens is 1. The third kappa shape index (κ3) is 4.82. The molecule has 0 N–H and O–H groups in total. The minimum atomic E-state index is -0.236. The van der Waals surface area contributed by atoms with E-state index in [2.05, 4.69) is 10.2 Å². The molecule has 166 valence electrons. The number of hydrogen-bond donors (Lipinski definition) is 0. The molecule has 1 aliphatic heterocycles. The highest BCUT2D eigenvalue weighted by Gasteiger charge is 2.26. The van der Waals surface area contributed by atoms with Crippen LogP contribution in [-0.4, -0.2) is 43.6 Å². The molecule has 3 heterocycles. The van der Waals surface area contributed by atoms with Crippen molar-refractivity contribution in [3.63, 3.8) is 0 Å². The van der Waals surface area contributed by atoms with Gasteiger partial charge in [-0.15, -0.1) is 10.2 Å². The molecule has 1 aliphatic rings. The zero-order chi connectivity index (χ0) is 22.6. The van der Waals surface area contributed by atoms with Gasteiger partial charge in [0, 0.05) is 48.1 Å². The molecular formula is C26H24FN5O. The zero-order valence-electron chi connectivity index (χ0n) is 18.1. The quantitative estimate of drug-likeness (QED) is 0.460. The van der Waals surface area contributed by atoms with Crippen LogP contribution in [0, 0.1) is 5.82 Å². The average molecular weight is 442 g/mol. The van der Waals surface area contributed by atoms with Crippen LogP contribution in [0.2, 0.25) is 0 Å². The number of likely N-dealkylation sites (tertiary alicyclic amines) is 1. The van der Waals surface area contributed by atoms with Gasteiger partial charge in [0.05, 0.1) is 0 Å². The van der Waals surface area contributed by atoms with Gasteiger partial charge in [-0.2, -0.15) is 0 Å². The number of nitrogens with zero attached hydrogens (tertiary/aromatic N) is 5. The summed E-state index contributed by atoms with van der Waals surface area (Å²) >= 11 is 0. The number of carbonyl (C=O) groups is 1. The molecule has 0 saturated carbocycles. The van der Waals surface area contributed by atoms with E-state index in [0.29, 0.717) is 18.5 Å². The average Bonchev–Trinajstić information content (AvgIpc) is 3.41. The summed E-state index contributed by atoms with van der Waals surface area (Å²) in [7, 11) is 0. The van der Waals surface area contributed by atoms with Crippen molar-refractivity contribution in [3.8, 4) is 5.69 Å². The van der Waals surface area contributed by atoms with Crippen LogP contribution in [0.25, 0.3) is 5.69 Å². The first-order chi connectivity index (χ1) is 16.2. The second-order valence-corrected chi connectivity index (χ2v) is 8.37. The van der Waals surface area contributed by atoms with Crippen LogP contribution in [0.1, 0.15) is 46.1 Å². The Balaban J connectivity index is 1.30. The Morgan fingerprint density at radius 1 is 1.00 bits per heavy atom. The first kappa shape index (κ1) is 21.0. The number of aromatic nitrogens is 4. The van der Waals surface area contributed by atoms with Gasteiger partial charge in [-0.25, -0.2) is 4.39 Å². The predicted molar refractivity (Wildman–Crippen MR) is 123 cm³/mol. The normalized spacial score (nSPS) is 16.0. The number of carbonyl (C=O) groups excluding carboxylic acids is 1. The van der Waals surface area contributed by atoms with Crippen molar-refractivity contribution >= 4 is 5.91 Å². The van der Waals surface area contributed by atoms with Crippen molar-refractivity contribution in [2.75, 3.05) is 13.1 Å². The maximum atomic E-state index is 13.3. The van der Waals surface area contributed by atoms with Gasteiger partial charge >= 0.3 is 0 Å². The van der Waals surface area contributed by atoms with E-state index in [1.165, 1.54) is 12.1 Å². The van der Waals surface area contributed by atoms with Crippen molar-refractivity contribution in [3.05, 3.63) is 108 Å². The van der Waals surface area contributed by atoms with Crippen LogP contribution in [0.4, 0.5) is 4.39 Å². The number of pyridine rings is 1. The summed E-state index contributed by atoms with van der Waals surface area (Å²) < 4.78 is 15.0. The fourth-order valence-corrected chi connectivity index (χ4v) is 4.35. The zero-order valence-corrected chi connectivity index (χ0v) is 18.1. The highest BCUT2D eigenvalue weighted by molar-refractivity contribution is 5.94. The summed E-state index contributed by atoms with van der Waals surface area (Å²) in [6.45, 7) is 1.38. The largest absolute Gasteiger partial charge is 0.338 e. The fourth-order valence-electron chi connectivity index (χ4n) is 4.35. The fraction of sp³-hybridized carbons (Fsp3) is 0.231. The molecule has 1 unspecified atom stereocenters. The third-order valence-electron chi connectivity index (χ3n) is 6.06. The van der Waals surface area contributed by atoms with Crippen LogP contribution in [-0.2, 0) is 6.42 Å². The number of benzene rings is 2. The molecule has 5 rings (SSSR count). The van der Waals surface area contributed by atoms with Gasteiger partial charge in [-0.1, -0.05) is 24.3 Å². The van der Waals surface area contributed by atoms with E-state index in [-0.39, 0.29) is 17.6 Å². The minimum Gasteiger partial charge on any atom is -0.338 e. The van der Waals surface area contributed by atoms with Crippen LogP contribution in [0.3, 0.4) is 0 Å². The van der Waals surface area contributed by atoms with Crippen molar-refractivity contribution in [1.82, 2.24) is 24.6 Å². The molecule has 0 bridgehead atoms. The Hall–Kier alpha value is -3.87. The third-order valence-corrected chi connectivity index (χ3v) is 6.06. The van der Waals surface area contributed by atoms with Crippen molar-refractivity contribution in [1.29, 1.82) is 0 Å². The van der Waals surface area contributed by atoms with E-state index in [1.807, 2.05) is 47.4 Å². The Kier molecular flexibility index (Phi) is 5.93. The monoisotopic (exact) mass is 441 g/mol. The molecule has 1 atom stereocenters. The Bertz CT molecular complexity index is 1240. The van der Waals surface area contributed by atoms with E-state index >= 15 is 0 Å². The lowest BCUT2D eigenvalue weighted by Crippen LogP contribution is -2.39. The molecule has 0 radical (unpaired) electrons. The summed E-state index contributed by atoms with van der Waals surface area (Å²) in [5.74, 6) is -0.0198. The molecule has 1 saturated heterocycles. The molecule has 33 heavy (non-hydrogen) atoms. The molecule has 0 aliphatic carbocycles. The molecule has 2 aromatic carbocycles. The van der Waals surface area contributed by atoms with Crippen LogP contribution >= 0.6 is 0 Å². The topological polar surface area (TPSA) is 63.9 Å². The second-order valence-electron chi connectivity index (χ2n) is 8.37. The standard InChI is InChI=1S/C26H24FN5O/c27-22-11-9-19(10-12-22)14-23-6-2-8-25(30-23)21-5-3-13-31(16-21)26(33)20-4-1-7-24(15-20)32-17-28-29-18-32/h1-2,4,6-12,15,17-18,21H,3,5,13-14,16H2. The molecule has 7 heteroatoms. The van der Waals surface area contributed by atoms with Crippen LogP contribution < -0.4 is 0 Å². The number of rotatable bonds is 5. The van der Waals surface area contributed by atoms with Gasteiger partial charge in [0.15, 0.2) is 0 Å². The summed E-state index contributed by atoms with van der Waals surface area (Å²) in [5, 5.41) is 7.68. The molecule has 6 nitrogen and oxygen atoms in total. The molecule has 2 aromatic heterocycles. The van der Waals surface area contributed by atoms with Gasteiger partial charge in [0.2, 0.25) is 0 Å². The Labute approximate surface area is 191 Å². The summed E-state index contributed by atoms with van der Waals surface area (Å²) in [4.78, 5) is 20.1. The SMILES string of the molecule is O=C(c1cccc(-n2cnnc2)c1)N1CCCC(c2cccc(Cc3ccc(F)cc3)n2)C1. The molecule has 0 spiro atoms. The lowest BCUT2D eigenvalue weighted by Gasteiger charge is -2.32. The molecular weight excluding hydrogens is 417 g/mol. The van der Waals surface area contributed by atoms with Crippen molar-refractivity contribution in [2.45, 2.75) is 25.2 Å². The first-order valence-corrected chi connectivity index (χ1v) is 11.1.